The Bertz CT molecular complexity index is 600. The van der Waals surface area contributed by atoms with Gasteiger partial charge in [0.25, 0.3) is 5.91 Å². The van der Waals surface area contributed by atoms with Crippen molar-refractivity contribution < 1.29 is 14.7 Å². The zero-order valence-electron chi connectivity index (χ0n) is 13.7. The number of rotatable bonds is 6. The van der Waals surface area contributed by atoms with Crippen molar-refractivity contribution in [2.75, 3.05) is 18.9 Å². The fourth-order valence-corrected chi connectivity index (χ4v) is 2.45. The lowest BCUT2D eigenvalue weighted by molar-refractivity contribution is -0.118. The minimum absolute atomic E-state index is 0.122. The van der Waals surface area contributed by atoms with Gasteiger partial charge in [0.15, 0.2) is 0 Å². The standard InChI is InChI=1S/C17H23ClN2O3/c1-10(2)16(22)19-12-6-7-14(18)13(8-12)17(23)20(3)9-15(21)11-4-5-11/h6-8,10-11,15,21H,4-5,9H2,1-3H3,(H,19,22). The summed E-state index contributed by atoms with van der Waals surface area (Å²) >= 11 is 6.12. The van der Waals surface area contributed by atoms with Crippen LogP contribution in [0.25, 0.3) is 0 Å². The van der Waals surface area contributed by atoms with E-state index in [1.807, 2.05) is 0 Å². The number of benzene rings is 1. The van der Waals surface area contributed by atoms with Crippen molar-refractivity contribution >= 4 is 29.1 Å². The average molecular weight is 339 g/mol. The molecule has 1 saturated carbocycles. The first-order valence-electron chi connectivity index (χ1n) is 7.83. The number of carbonyl (C=O) groups excluding carboxylic acids is 2. The van der Waals surface area contributed by atoms with E-state index in [1.165, 1.54) is 4.90 Å². The van der Waals surface area contributed by atoms with Crippen molar-refractivity contribution in [1.82, 2.24) is 4.90 Å². The fraction of sp³-hybridized carbons (Fsp3) is 0.529. The van der Waals surface area contributed by atoms with Gasteiger partial charge in [-0.2, -0.15) is 0 Å². The molecule has 0 spiro atoms. The molecule has 2 N–H and O–H groups in total. The van der Waals surface area contributed by atoms with Crippen molar-refractivity contribution in [3.05, 3.63) is 28.8 Å². The van der Waals surface area contributed by atoms with E-state index in [9.17, 15) is 14.7 Å². The van der Waals surface area contributed by atoms with Crippen LogP contribution in [-0.2, 0) is 4.79 Å². The number of aliphatic hydroxyl groups excluding tert-OH is 1. The minimum Gasteiger partial charge on any atom is -0.391 e. The molecule has 1 aliphatic rings. The first kappa shape index (κ1) is 17.8. The molecule has 1 aromatic carbocycles. The van der Waals surface area contributed by atoms with Gasteiger partial charge >= 0.3 is 0 Å². The van der Waals surface area contributed by atoms with Crippen LogP contribution in [0.3, 0.4) is 0 Å². The average Bonchev–Trinajstić information content (AvgIpc) is 3.32. The number of amides is 2. The number of aliphatic hydroxyl groups is 1. The number of nitrogens with one attached hydrogen (secondary N) is 1. The van der Waals surface area contributed by atoms with Crippen LogP contribution in [0.2, 0.25) is 5.02 Å². The summed E-state index contributed by atoms with van der Waals surface area (Å²) in [5, 5.41) is 13.1. The maximum atomic E-state index is 12.5. The van der Waals surface area contributed by atoms with Crippen LogP contribution in [0.15, 0.2) is 18.2 Å². The number of nitrogens with zero attached hydrogens (tertiary/aromatic N) is 1. The third-order valence-electron chi connectivity index (χ3n) is 3.96. The molecule has 2 rings (SSSR count). The fourth-order valence-electron chi connectivity index (χ4n) is 2.25. The largest absolute Gasteiger partial charge is 0.391 e. The third-order valence-corrected chi connectivity index (χ3v) is 4.29. The number of anilines is 1. The van der Waals surface area contributed by atoms with Crippen molar-refractivity contribution in [3.63, 3.8) is 0 Å². The topological polar surface area (TPSA) is 69.6 Å². The summed E-state index contributed by atoms with van der Waals surface area (Å²) in [6.07, 6.45) is 1.54. The second kappa shape index (κ2) is 7.32. The van der Waals surface area contributed by atoms with Crippen molar-refractivity contribution in [2.45, 2.75) is 32.8 Å². The van der Waals surface area contributed by atoms with Gasteiger partial charge in [-0.15, -0.1) is 0 Å². The molecule has 1 atom stereocenters. The molecular weight excluding hydrogens is 316 g/mol. The molecule has 6 heteroatoms. The lowest BCUT2D eigenvalue weighted by atomic mass is 10.1. The molecule has 1 aliphatic carbocycles. The van der Waals surface area contributed by atoms with Crippen molar-refractivity contribution in [2.24, 2.45) is 11.8 Å². The maximum absolute atomic E-state index is 12.5. The SMILES string of the molecule is CC(C)C(=O)Nc1ccc(Cl)c(C(=O)N(C)CC(O)C2CC2)c1. The van der Waals surface area contributed by atoms with E-state index in [-0.39, 0.29) is 24.3 Å². The van der Waals surface area contributed by atoms with Crippen LogP contribution in [-0.4, -0.2) is 41.5 Å². The number of carbonyl (C=O) groups is 2. The molecule has 23 heavy (non-hydrogen) atoms. The molecule has 0 aliphatic heterocycles. The van der Waals surface area contributed by atoms with E-state index in [0.29, 0.717) is 22.2 Å². The minimum atomic E-state index is -0.494. The number of hydrogen-bond donors (Lipinski definition) is 2. The van der Waals surface area contributed by atoms with Crippen LogP contribution in [0.5, 0.6) is 0 Å². The summed E-state index contributed by atoms with van der Waals surface area (Å²) < 4.78 is 0. The Morgan fingerprint density at radius 2 is 2.04 bits per heavy atom. The number of halogens is 1. The Kier molecular flexibility index (Phi) is 5.65. The highest BCUT2D eigenvalue weighted by molar-refractivity contribution is 6.34. The maximum Gasteiger partial charge on any atom is 0.255 e. The van der Waals surface area contributed by atoms with Gasteiger partial charge in [-0.3, -0.25) is 9.59 Å². The van der Waals surface area contributed by atoms with Gasteiger partial charge in [0.1, 0.15) is 0 Å². The Labute approximate surface area is 141 Å². The van der Waals surface area contributed by atoms with Crippen LogP contribution in [0.4, 0.5) is 5.69 Å². The summed E-state index contributed by atoms with van der Waals surface area (Å²) in [6.45, 7) is 3.87. The van der Waals surface area contributed by atoms with Crippen molar-refractivity contribution in [3.8, 4) is 0 Å². The monoisotopic (exact) mass is 338 g/mol. The molecule has 0 radical (unpaired) electrons. The molecule has 0 bridgehead atoms. The van der Waals surface area contributed by atoms with Gasteiger partial charge in [0.2, 0.25) is 5.91 Å². The first-order chi connectivity index (χ1) is 10.8. The third kappa shape index (κ3) is 4.69. The summed E-state index contributed by atoms with van der Waals surface area (Å²) in [6, 6.07) is 4.83. The van der Waals surface area contributed by atoms with Gasteiger partial charge in [-0.05, 0) is 37.0 Å². The van der Waals surface area contributed by atoms with Gasteiger partial charge < -0.3 is 15.3 Å². The second-order valence-corrected chi connectivity index (χ2v) is 6.84. The van der Waals surface area contributed by atoms with E-state index in [0.717, 1.165) is 12.8 Å². The van der Waals surface area contributed by atoms with E-state index in [2.05, 4.69) is 5.32 Å². The molecule has 2 amide bonds. The summed E-state index contributed by atoms with van der Waals surface area (Å²) in [5.41, 5.74) is 0.853. The van der Waals surface area contributed by atoms with Gasteiger partial charge in [0, 0.05) is 25.2 Å². The van der Waals surface area contributed by atoms with Crippen LogP contribution in [0.1, 0.15) is 37.0 Å². The number of likely N-dealkylation sites (N-methyl/N-ethyl adjacent to an activating group) is 1. The first-order valence-corrected chi connectivity index (χ1v) is 8.21. The highest BCUT2D eigenvalue weighted by Crippen LogP contribution is 2.33. The zero-order chi connectivity index (χ0) is 17.1. The van der Waals surface area contributed by atoms with Gasteiger partial charge in [-0.25, -0.2) is 0 Å². The zero-order valence-corrected chi connectivity index (χ0v) is 14.4. The Morgan fingerprint density at radius 3 is 2.61 bits per heavy atom. The molecule has 1 unspecified atom stereocenters. The molecule has 0 aromatic heterocycles. The normalized spacial score (nSPS) is 15.4. The molecule has 1 fully saturated rings. The highest BCUT2D eigenvalue weighted by atomic mass is 35.5. The highest BCUT2D eigenvalue weighted by Gasteiger charge is 2.31. The smallest absolute Gasteiger partial charge is 0.255 e. The second-order valence-electron chi connectivity index (χ2n) is 6.43. The van der Waals surface area contributed by atoms with E-state index >= 15 is 0 Å². The van der Waals surface area contributed by atoms with E-state index in [1.54, 1.807) is 39.1 Å². The number of hydrogen-bond acceptors (Lipinski definition) is 3. The Balaban J connectivity index is 2.10. The van der Waals surface area contributed by atoms with E-state index in [4.69, 9.17) is 11.6 Å². The van der Waals surface area contributed by atoms with Gasteiger partial charge in [0.05, 0.1) is 16.7 Å². The summed E-state index contributed by atoms with van der Waals surface area (Å²) in [5.74, 6) is -0.239. The lowest BCUT2D eigenvalue weighted by Crippen LogP contribution is -2.35. The quantitative estimate of drug-likeness (QED) is 0.838. The Hall–Kier alpha value is -1.59. The van der Waals surface area contributed by atoms with Crippen LogP contribution >= 0.6 is 11.6 Å². The Morgan fingerprint density at radius 1 is 1.39 bits per heavy atom. The van der Waals surface area contributed by atoms with Gasteiger partial charge in [-0.1, -0.05) is 25.4 Å². The molecule has 126 valence electrons. The summed E-state index contributed by atoms with van der Waals surface area (Å²) in [7, 11) is 1.64. The molecule has 0 heterocycles. The van der Waals surface area contributed by atoms with Crippen LogP contribution < -0.4 is 5.32 Å². The predicted molar refractivity (Wildman–Crippen MR) is 90.6 cm³/mol. The molecule has 1 aromatic rings. The molecule has 0 saturated heterocycles. The molecule has 5 nitrogen and oxygen atoms in total. The van der Waals surface area contributed by atoms with E-state index < -0.39 is 6.10 Å². The molecular formula is C17H23ClN2O3. The van der Waals surface area contributed by atoms with Crippen LogP contribution in [0, 0.1) is 11.8 Å². The predicted octanol–water partition coefficient (Wildman–Crippen LogP) is 2.78. The lowest BCUT2D eigenvalue weighted by Gasteiger charge is -2.21. The van der Waals surface area contributed by atoms with Crippen molar-refractivity contribution in [1.29, 1.82) is 0 Å². The summed E-state index contributed by atoms with van der Waals surface area (Å²) in [4.78, 5) is 25.8.